The Hall–Kier alpha value is -1.59. The number of carboxylic acid groups (broad SMARTS) is 1. The Balaban J connectivity index is 1.97. The number of carbonyl (C=O) groups is 1. The molecule has 1 heterocycles. The molecule has 1 N–H and O–H groups in total. The number of rotatable bonds is 7. The van der Waals surface area contributed by atoms with Crippen LogP contribution in [0.3, 0.4) is 0 Å². The highest BCUT2D eigenvalue weighted by Crippen LogP contribution is 2.19. The number of benzene rings is 1. The Morgan fingerprint density at radius 2 is 2.00 bits per heavy atom. The van der Waals surface area contributed by atoms with E-state index in [-0.39, 0.29) is 6.42 Å². The van der Waals surface area contributed by atoms with Crippen molar-refractivity contribution >= 4 is 11.7 Å². The van der Waals surface area contributed by atoms with E-state index in [1.807, 2.05) is 12.1 Å². The zero-order chi connectivity index (χ0) is 15.1. The molecule has 0 amide bonds. The van der Waals surface area contributed by atoms with Gasteiger partial charge in [0.1, 0.15) is 0 Å². The summed E-state index contributed by atoms with van der Waals surface area (Å²) < 4.78 is 5.36. The zero-order valence-electron chi connectivity index (χ0n) is 12.6. The molecule has 1 fully saturated rings. The van der Waals surface area contributed by atoms with Crippen molar-refractivity contribution < 1.29 is 14.6 Å². The van der Waals surface area contributed by atoms with Crippen molar-refractivity contribution in [2.24, 2.45) is 0 Å². The van der Waals surface area contributed by atoms with Crippen molar-refractivity contribution in [3.8, 4) is 0 Å². The van der Waals surface area contributed by atoms with E-state index < -0.39 is 5.97 Å². The van der Waals surface area contributed by atoms with Gasteiger partial charge in [0.15, 0.2) is 0 Å². The first-order valence-electron chi connectivity index (χ1n) is 7.49. The molecule has 0 bridgehead atoms. The summed E-state index contributed by atoms with van der Waals surface area (Å²) in [5, 5.41) is 8.94. The zero-order valence-corrected chi connectivity index (χ0v) is 12.6. The van der Waals surface area contributed by atoms with E-state index in [9.17, 15) is 4.79 Å². The minimum atomic E-state index is -0.750. The monoisotopic (exact) mass is 292 g/mol. The number of nitrogens with zero attached hydrogens (tertiary/aromatic N) is 2. The molecule has 0 unspecified atom stereocenters. The van der Waals surface area contributed by atoms with E-state index in [1.165, 1.54) is 5.56 Å². The largest absolute Gasteiger partial charge is 0.481 e. The summed E-state index contributed by atoms with van der Waals surface area (Å²) in [6, 6.07) is 8.15. The molecule has 0 atom stereocenters. The normalized spacial score (nSPS) is 15.9. The second-order valence-electron chi connectivity index (χ2n) is 5.37. The van der Waals surface area contributed by atoms with E-state index in [0.29, 0.717) is 6.54 Å². The number of ether oxygens (including phenoxy) is 1. The maximum atomic E-state index is 10.9. The van der Waals surface area contributed by atoms with Gasteiger partial charge in [-0.15, -0.1) is 0 Å². The minimum Gasteiger partial charge on any atom is -0.481 e. The third kappa shape index (κ3) is 5.02. The summed E-state index contributed by atoms with van der Waals surface area (Å²) in [7, 11) is 0. The summed E-state index contributed by atoms with van der Waals surface area (Å²) in [4.78, 5) is 15.4. The van der Waals surface area contributed by atoms with Crippen LogP contribution in [0.1, 0.15) is 12.0 Å². The highest BCUT2D eigenvalue weighted by atomic mass is 16.5. The highest BCUT2D eigenvalue weighted by molar-refractivity contribution is 5.68. The summed E-state index contributed by atoms with van der Waals surface area (Å²) in [5.41, 5.74) is 2.32. The Labute approximate surface area is 126 Å². The van der Waals surface area contributed by atoms with Crippen molar-refractivity contribution in [1.82, 2.24) is 4.90 Å². The van der Waals surface area contributed by atoms with Crippen molar-refractivity contribution in [1.29, 1.82) is 0 Å². The van der Waals surface area contributed by atoms with E-state index in [1.54, 1.807) is 0 Å². The lowest BCUT2D eigenvalue weighted by atomic mass is 10.1. The topological polar surface area (TPSA) is 53.0 Å². The molecular weight excluding hydrogens is 268 g/mol. The van der Waals surface area contributed by atoms with E-state index in [4.69, 9.17) is 9.84 Å². The second kappa shape index (κ2) is 8.00. The number of anilines is 1. The van der Waals surface area contributed by atoms with Gasteiger partial charge in [0, 0.05) is 38.4 Å². The SMILES string of the molecule is Cc1ccccc1N(CCC(=O)O)CCN1CCOCC1. The van der Waals surface area contributed by atoms with Gasteiger partial charge in [0.05, 0.1) is 19.6 Å². The molecule has 1 aliphatic rings. The van der Waals surface area contributed by atoms with Gasteiger partial charge in [-0.2, -0.15) is 0 Å². The number of aliphatic carboxylic acids is 1. The third-order valence-electron chi connectivity index (χ3n) is 3.84. The third-order valence-corrected chi connectivity index (χ3v) is 3.84. The molecule has 2 rings (SSSR count). The van der Waals surface area contributed by atoms with Gasteiger partial charge in [0.25, 0.3) is 0 Å². The van der Waals surface area contributed by atoms with Crippen molar-refractivity contribution in [2.75, 3.05) is 50.8 Å². The fourth-order valence-electron chi connectivity index (χ4n) is 2.59. The lowest BCUT2D eigenvalue weighted by Gasteiger charge is -2.31. The fourth-order valence-corrected chi connectivity index (χ4v) is 2.59. The van der Waals surface area contributed by atoms with Crippen LogP contribution in [0.2, 0.25) is 0 Å². The maximum absolute atomic E-state index is 10.9. The molecule has 0 spiro atoms. The molecule has 0 saturated carbocycles. The molecule has 5 heteroatoms. The molecule has 1 aliphatic heterocycles. The van der Waals surface area contributed by atoms with E-state index in [0.717, 1.165) is 45.1 Å². The molecule has 0 aliphatic carbocycles. The predicted molar refractivity (Wildman–Crippen MR) is 82.9 cm³/mol. The number of morpholine rings is 1. The first kappa shape index (κ1) is 15.8. The smallest absolute Gasteiger partial charge is 0.305 e. The van der Waals surface area contributed by atoms with Gasteiger partial charge >= 0.3 is 5.97 Å². The van der Waals surface area contributed by atoms with Gasteiger partial charge in [-0.05, 0) is 18.6 Å². The van der Waals surface area contributed by atoms with Crippen LogP contribution in [-0.4, -0.2) is 61.9 Å². The van der Waals surface area contributed by atoms with E-state index >= 15 is 0 Å². The number of hydrogen-bond acceptors (Lipinski definition) is 4. The number of aryl methyl sites for hydroxylation is 1. The summed E-state index contributed by atoms with van der Waals surface area (Å²) in [5.74, 6) is -0.750. The summed E-state index contributed by atoms with van der Waals surface area (Å²) in [6.07, 6.45) is 0.164. The van der Waals surface area contributed by atoms with Crippen LogP contribution in [0.25, 0.3) is 0 Å². The lowest BCUT2D eigenvalue weighted by Crippen LogP contribution is -2.42. The van der Waals surface area contributed by atoms with Crippen LogP contribution in [-0.2, 0) is 9.53 Å². The molecule has 1 aromatic rings. The predicted octanol–water partition coefficient (Wildman–Crippen LogP) is 1.61. The molecule has 1 saturated heterocycles. The van der Waals surface area contributed by atoms with Crippen LogP contribution >= 0.6 is 0 Å². The Bertz CT molecular complexity index is 459. The molecular formula is C16H24N2O3. The molecule has 1 aromatic carbocycles. The van der Waals surface area contributed by atoms with Crippen molar-refractivity contribution in [3.05, 3.63) is 29.8 Å². The van der Waals surface area contributed by atoms with Crippen LogP contribution in [0.5, 0.6) is 0 Å². The first-order chi connectivity index (χ1) is 10.2. The Kier molecular flexibility index (Phi) is 6.02. The molecule has 116 valence electrons. The Morgan fingerprint density at radius 1 is 1.29 bits per heavy atom. The number of hydrogen-bond donors (Lipinski definition) is 1. The second-order valence-corrected chi connectivity index (χ2v) is 5.37. The van der Waals surface area contributed by atoms with E-state index in [2.05, 4.69) is 28.9 Å². The van der Waals surface area contributed by atoms with Crippen LogP contribution < -0.4 is 4.90 Å². The molecule has 21 heavy (non-hydrogen) atoms. The first-order valence-corrected chi connectivity index (χ1v) is 7.49. The average molecular weight is 292 g/mol. The van der Waals surface area contributed by atoms with Gasteiger partial charge < -0.3 is 14.7 Å². The number of para-hydroxylation sites is 1. The van der Waals surface area contributed by atoms with Crippen LogP contribution in [0, 0.1) is 6.92 Å². The molecule has 0 radical (unpaired) electrons. The highest BCUT2D eigenvalue weighted by Gasteiger charge is 2.14. The quantitative estimate of drug-likeness (QED) is 0.827. The van der Waals surface area contributed by atoms with Gasteiger partial charge in [-0.25, -0.2) is 0 Å². The number of carboxylic acids is 1. The lowest BCUT2D eigenvalue weighted by molar-refractivity contribution is -0.136. The summed E-state index contributed by atoms with van der Waals surface area (Å²) in [6.45, 7) is 7.90. The average Bonchev–Trinajstić information content (AvgIpc) is 2.49. The minimum absolute atomic E-state index is 0.164. The Morgan fingerprint density at radius 3 is 2.67 bits per heavy atom. The van der Waals surface area contributed by atoms with Gasteiger partial charge in [-0.3, -0.25) is 9.69 Å². The van der Waals surface area contributed by atoms with Crippen LogP contribution in [0.15, 0.2) is 24.3 Å². The van der Waals surface area contributed by atoms with Crippen LogP contribution in [0.4, 0.5) is 5.69 Å². The maximum Gasteiger partial charge on any atom is 0.305 e. The standard InChI is InChI=1S/C16H24N2O3/c1-14-4-2-3-5-15(14)18(7-6-16(19)20)9-8-17-10-12-21-13-11-17/h2-5H,6-13H2,1H3,(H,19,20). The molecule has 5 nitrogen and oxygen atoms in total. The van der Waals surface area contributed by atoms with Gasteiger partial charge in [0.2, 0.25) is 0 Å². The van der Waals surface area contributed by atoms with Gasteiger partial charge in [-0.1, -0.05) is 18.2 Å². The fraction of sp³-hybridized carbons (Fsp3) is 0.562. The van der Waals surface area contributed by atoms with Crippen molar-refractivity contribution in [3.63, 3.8) is 0 Å². The molecule has 0 aromatic heterocycles. The van der Waals surface area contributed by atoms with Crippen molar-refractivity contribution in [2.45, 2.75) is 13.3 Å². The summed E-state index contributed by atoms with van der Waals surface area (Å²) >= 11 is 0.